The number of rotatable bonds is 4. The van der Waals surface area contributed by atoms with Crippen LogP contribution in [-0.4, -0.2) is 32.3 Å². The fourth-order valence-corrected chi connectivity index (χ4v) is 5.22. The molecule has 2 unspecified atom stereocenters. The molecule has 4 heterocycles. The fraction of sp³-hybridized carbons (Fsp3) is 0.611. The first-order valence-electron chi connectivity index (χ1n) is 9.15. The summed E-state index contributed by atoms with van der Waals surface area (Å²) in [5.41, 5.74) is -0.811. The second-order valence-electron chi connectivity index (χ2n) is 7.70. The third kappa shape index (κ3) is 2.60. The standard InChI is InChI=1S/C18H22N4O2S/c23-17-18(24)22(7-12-3-1-4-12)19-16-15-11-20(8-13(15)9-21(16)17)10-14-5-2-6-25-14/h2,5-6,12-13,15H,1,3-4,7-11H2. The van der Waals surface area contributed by atoms with Gasteiger partial charge in [-0.25, -0.2) is 4.68 Å². The lowest BCUT2D eigenvalue weighted by atomic mass is 9.85. The van der Waals surface area contributed by atoms with Gasteiger partial charge in [-0.3, -0.25) is 19.1 Å². The summed E-state index contributed by atoms with van der Waals surface area (Å²) in [5, 5.41) is 6.77. The smallest absolute Gasteiger partial charge is 0.297 e. The molecule has 25 heavy (non-hydrogen) atoms. The van der Waals surface area contributed by atoms with Crippen molar-refractivity contribution >= 4 is 11.3 Å². The summed E-state index contributed by atoms with van der Waals surface area (Å²) in [6, 6.07) is 4.26. The van der Waals surface area contributed by atoms with Crippen LogP contribution < -0.4 is 11.1 Å². The minimum Gasteiger partial charge on any atom is -0.297 e. The minimum absolute atomic E-state index is 0.279. The van der Waals surface area contributed by atoms with Crippen LogP contribution in [0.2, 0.25) is 0 Å². The number of likely N-dealkylation sites (tertiary alicyclic amines) is 1. The zero-order chi connectivity index (χ0) is 17.0. The van der Waals surface area contributed by atoms with E-state index >= 15 is 0 Å². The van der Waals surface area contributed by atoms with Gasteiger partial charge in [0.1, 0.15) is 5.82 Å². The normalized spacial score (nSPS) is 25.8. The summed E-state index contributed by atoms with van der Waals surface area (Å²) in [6.07, 6.45) is 3.52. The average molecular weight is 358 g/mol. The van der Waals surface area contributed by atoms with Gasteiger partial charge in [0, 0.05) is 49.4 Å². The summed E-state index contributed by atoms with van der Waals surface area (Å²) < 4.78 is 3.11. The molecule has 0 radical (unpaired) electrons. The predicted octanol–water partition coefficient (Wildman–Crippen LogP) is 1.50. The van der Waals surface area contributed by atoms with Gasteiger partial charge in [0.05, 0.1) is 0 Å². The van der Waals surface area contributed by atoms with Gasteiger partial charge in [0.15, 0.2) is 0 Å². The van der Waals surface area contributed by atoms with E-state index in [2.05, 4.69) is 27.5 Å². The monoisotopic (exact) mass is 358 g/mol. The topological polar surface area (TPSA) is 60.1 Å². The molecule has 132 valence electrons. The molecule has 2 aromatic rings. The number of nitrogens with zero attached hydrogens (tertiary/aromatic N) is 4. The largest absolute Gasteiger partial charge is 0.332 e. The van der Waals surface area contributed by atoms with Crippen LogP contribution in [0.5, 0.6) is 0 Å². The molecule has 7 heteroatoms. The molecule has 2 atom stereocenters. The Kier molecular flexibility index (Phi) is 3.67. The molecular formula is C18H22N4O2S. The maximum absolute atomic E-state index is 12.5. The molecular weight excluding hydrogens is 336 g/mol. The Bertz CT molecular complexity index is 897. The quantitative estimate of drug-likeness (QED) is 0.777. The molecule has 0 N–H and O–H groups in total. The first-order valence-corrected chi connectivity index (χ1v) is 10.0. The van der Waals surface area contributed by atoms with Crippen LogP contribution in [0.1, 0.15) is 35.9 Å². The van der Waals surface area contributed by atoms with Crippen LogP contribution in [0.4, 0.5) is 0 Å². The van der Waals surface area contributed by atoms with E-state index in [9.17, 15) is 9.59 Å². The summed E-state index contributed by atoms with van der Waals surface area (Å²) in [5.74, 6) is 2.03. The predicted molar refractivity (Wildman–Crippen MR) is 95.9 cm³/mol. The van der Waals surface area contributed by atoms with Gasteiger partial charge >= 0.3 is 11.1 Å². The molecule has 1 saturated heterocycles. The van der Waals surface area contributed by atoms with E-state index in [0.29, 0.717) is 24.9 Å². The first-order chi connectivity index (χ1) is 12.2. The highest BCUT2D eigenvalue weighted by Gasteiger charge is 2.42. The van der Waals surface area contributed by atoms with Crippen LogP contribution >= 0.6 is 11.3 Å². The van der Waals surface area contributed by atoms with Gasteiger partial charge in [0.2, 0.25) is 0 Å². The second kappa shape index (κ2) is 5.92. The number of thiophene rings is 1. The van der Waals surface area contributed by atoms with E-state index in [1.807, 2.05) is 0 Å². The summed E-state index contributed by atoms with van der Waals surface area (Å²) in [6.45, 7) is 4.12. The van der Waals surface area contributed by atoms with Crippen LogP contribution in [0, 0.1) is 11.8 Å². The number of aromatic nitrogens is 3. The van der Waals surface area contributed by atoms with Crippen molar-refractivity contribution in [3.05, 3.63) is 48.9 Å². The molecule has 2 aromatic heterocycles. The van der Waals surface area contributed by atoms with E-state index in [1.165, 1.54) is 16.0 Å². The van der Waals surface area contributed by atoms with Crippen LogP contribution in [0.25, 0.3) is 0 Å². The Morgan fingerprint density at radius 1 is 1.16 bits per heavy atom. The molecule has 1 aliphatic carbocycles. The Hall–Kier alpha value is -1.73. The third-order valence-electron chi connectivity index (χ3n) is 6.04. The van der Waals surface area contributed by atoms with Gasteiger partial charge in [-0.1, -0.05) is 12.5 Å². The van der Waals surface area contributed by atoms with Crippen LogP contribution in [-0.2, 0) is 19.6 Å². The molecule has 0 amide bonds. The van der Waals surface area contributed by atoms with Gasteiger partial charge in [0.25, 0.3) is 0 Å². The molecule has 2 aliphatic heterocycles. The lowest BCUT2D eigenvalue weighted by molar-refractivity contribution is 0.256. The number of hydrogen-bond donors (Lipinski definition) is 0. The van der Waals surface area contributed by atoms with Gasteiger partial charge < -0.3 is 0 Å². The molecule has 1 saturated carbocycles. The summed E-state index contributed by atoms with van der Waals surface area (Å²) >= 11 is 1.79. The van der Waals surface area contributed by atoms with Crippen molar-refractivity contribution in [3.63, 3.8) is 0 Å². The third-order valence-corrected chi connectivity index (χ3v) is 6.90. The fourth-order valence-electron chi connectivity index (χ4n) is 4.47. The molecule has 6 nitrogen and oxygen atoms in total. The van der Waals surface area contributed by atoms with Crippen molar-refractivity contribution in [1.82, 2.24) is 19.2 Å². The zero-order valence-electron chi connectivity index (χ0n) is 14.1. The maximum atomic E-state index is 12.5. The lowest BCUT2D eigenvalue weighted by Crippen LogP contribution is -2.45. The molecule has 5 rings (SSSR count). The Labute approximate surface area is 149 Å². The van der Waals surface area contributed by atoms with E-state index in [1.54, 1.807) is 15.9 Å². The molecule has 0 aromatic carbocycles. The van der Waals surface area contributed by atoms with Crippen molar-refractivity contribution < 1.29 is 0 Å². The molecule has 3 aliphatic rings. The minimum atomic E-state index is -0.439. The SMILES string of the molecule is O=c1c(=O)n2c(nn1CC1CCC1)C1CN(Cc3cccs3)CC1C2. The Balaban J connectivity index is 1.41. The van der Waals surface area contributed by atoms with Crippen molar-refractivity contribution in [2.45, 2.75) is 44.8 Å². The number of hydrogen-bond acceptors (Lipinski definition) is 5. The molecule has 0 spiro atoms. The highest BCUT2D eigenvalue weighted by molar-refractivity contribution is 7.09. The Morgan fingerprint density at radius 3 is 2.76 bits per heavy atom. The van der Waals surface area contributed by atoms with Crippen molar-refractivity contribution in [2.24, 2.45) is 11.8 Å². The van der Waals surface area contributed by atoms with Gasteiger partial charge in [-0.15, -0.1) is 11.3 Å². The zero-order valence-corrected chi connectivity index (χ0v) is 15.0. The van der Waals surface area contributed by atoms with Crippen molar-refractivity contribution in [1.29, 1.82) is 0 Å². The highest BCUT2D eigenvalue weighted by atomic mass is 32.1. The van der Waals surface area contributed by atoms with Gasteiger partial charge in [-0.2, -0.15) is 5.10 Å². The average Bonchev–Trinajstić information content (AvgIpc) is 3.25. The lowest BCUT2D eigenvalue weighted by Gasteiger charge is -2.25. The first kappa shape index (κ1) is 15.5. The second-order valence-corrected chi connectivity index (χ2v) is 8.73. The molecule has 2 fully saturated rings. The van der Waals surface area contributed by atoms with Crippen LogP contribution in [0.15, 0.2) is 27.1 Å². The van der Waals surface area contributed by atoms with E-state index in [4.69, 9.17) is 0 Å². The molecule has 0 bridgehead atoms. The summed E-state index contributed by atoms with van der Waals surface area (Å²) in [7, 11) is 0. The van der Waals surface area contributed by atoms with E-state index in [0.717, 1.165) is 38.3 Å². The van der Waals surface area contributed by atoms with Crippen molar-refractivity contribution in [2.75, 3.05) is 13.1 Å². The summed E-state index contributed by atoms with van der Waals surface area (Å²) in [4.78, 5) is 28.7. The van der Waals surface area contributed by atoms with Crippen molar-refractivity contribution in [3.8, 4) is 0 Å². The van der Waals surface area contributed by atoms with Gasteiger partial charge in [-0.05, 0) is 30.2 Å². The number of fused-ring (bicyclic) bond motifs is 3. The van der Waals surface area contributed by atoms with Crippen LogP contribution in [0.3, 0.4) is 0 Å². The highest BCUT2D eigenvalue weighted by Crippen LogP contribution is 2.38. The Morgan fingerprint density at radius 2 is 2.04 bits per heavy atom. The maximum Gasteiger partial charge on any atom is 0.332 e. The van der Waals surface area contributed by atoms with E-state index < -0.39 is 5.56 Å². The van der Waals surface area contributed by atoms with E-state index in [-0.39, 0.29) is 11.5 Å².